The van der Waals surface area contributed by atoms with Crippen LogP contribution < -0.4 is 11.5 Å². The topological polar surface area (TPSA) is 78.3 Å². The van der Waals surface area contributed by atoms with E-state index in [2.05, 4.69) is 0 Å². The highest BCUT2D eigenvalue weighted by Crippen LogP contribution is 1.95. The summed E-state index contributed by atoms with van der Waals surface area (Å²) in [5.41, 5.74) is 9.18. The number of hydrogen-bond acceptors (Lipinski definition) is 4. The van der Waals surface area contributed by atoms with Gasteiger partial charge in [0.1, 0.15) is 0 Å². The number of unbranched alkanes of at least 4 members (excludes halogenated alkanes) is 1. The van der Waals surface area contributed by atoms with Crippen LogP contribution in [-0.2, 0) is 9.53 Å². The van der Waals surface area contributed by atoms with Gasteiger partial charge in [0, 0.05) is 0 Å². The van der Waals surface area contributed by atoms with Crippen molar-refractivity contribution in [3.63, 3.8) is 0 Å². The molecule has 0 bridgehead atoms. The summed E-state index contributed by atoms with van der Waals surface area (Å²) in [5.74, 6) is -0.550. The number of rotatable bonds is 4. The SMILES string of the molecule is CCCCOC(=O)C(C)(N)N. The number of nitrogens with two attached hydrogens (primary N) is 2. The van der Waals surface area contributed by atoms with Gasteiger partial charge in [-0.2, -0.15) is 0 Å². The Bertz CT molecular complexity index is 129. The summed E-state index contributed by atoms with van der Waals surface area (Å²) in [6.07, 6.45) is 1.83. The Morgan fingerprint density at radius 2 is 2.09 bits per heavy atom. The van der Waals surface area contributed by atoms with Crippen molar-refractivity contribution in [1.29, 1.82) is 0 Å². The second-order valence-electron chi connectivity index (χ2n) is 2.77. The molecule has 0 heterocycles. The molecular weight excluding hydrogens is 144 g/mol. The van der Waals surface area contributed by atoms with Gasteiger partial charge >= 0.3 is 5.97 Å². The standard InChI is InChI=1S/C7H16N2O2/c1-3-4-5-11-6(10)7(2,8)9/h3-5,8-9H2,1-2H3. The number of esters is 1. The Hall–Kier alpha value is -0.610. The molecule has 0 rings (SSSR count). The van der Waals surface area contributed by atoms with Crippen LogP contribution in [0.3, 0.4) is 0 Å². The van der Waals surface area contributed by atoms with Crippen LogP contribution in [0.1, 0.15) is 26.7 Å². The molecule has 0 aromatic rings. The largest absolute Gasteiger partial charge is 0.463 e. The molecule has 4 nitrogen and oxygen atoms in total. The van der Waals surface area contributed by atoms with Crippen LogP contribution in [0.15, 0.2) is 0 Å². The van der Waals surface area contributed by atoms with Gasteiger partial charge in [0.2, 0.25) is 0 Å². The van der Waals surface area contributed by atoms with Crippen LogP contribution >= 0.6 is 0 Å². The quantitative estimate of drug-likeness (QED) is 0.344. The molecule has 0 radical (unpaired) electrons. The summed E-state index contributed by atoms with van der Waals surface area (Å²) in [6.45, 7) is 3.83. The zero-order chi connectivity index (χ0) is 8.91. The maximum absolute atomic E-state index is 10.9. The zero-order valence-electron chi connectivity index (χ0n) is 7.09. The van der Waals surface area contributed by atoms with Crippen molar-refractivity contribution < 1.29 is 9.53 Å². The molecule has 0 aliphatic rings. The molecule has 4 heteroatoms. The minimum Gasteiger partial charge on any atom is -0.463 e. The maximum Gasteiger partial charge on any atom is 0.340 e. The zero-order valence-corrected chi connectivity index (χ0v) is 7.09. The fraction of sp³-hybridized carbons (Fsp3) is 0.857. The van der Waals surface area contributed by atoms with Crippen molar-refractivity contribution >= 4 is 5.97 Å². The number of carbonyl (C=O) groups excluding carboxylic acids is 1. The maximum atomic E-state index is 10.9. The molecule has 0 spiro atoms. The monoisotopic (exact) mass is 160 g/mol. The minimum atomic E-state index is -1.35. The van der Waals surface area contributed by atoms with Gasteiger partial charge in [0.05, 0.1) is 6.61 Å². The second-order valence-corrected chi connectivity index (χ2v) is 2.77. The van der Waals surface area contributed by atoms with E-state index in [0.717, 1.165) is 12.8 Å². The Labute approximate surface area is 66.9 Å². The minimum absolute atomic E-state index is 0.402. The molecular formula is C7H16N2O2. The number of hydrogen-bond donors (Lipinski definition) is 2. The lowest BCUT2D eigenvalue weighted by Gasteiger charge is -2.16. The first-order valence-electron chi connectivity index (χ1n) is 3.73. The highest BCUT2D eigenvalue weighted by molar-refractivity contribution is 5.78. The van der Waals surface area contributed by atoms with Crippen LogP contribution in [0.4, 0.5) is 0 Å². The number of carbonyl (C=O) groups is 1. The first-order chi connectivity index (χ1) is 4.98. The molecule has 0 saturated carbocycles. The third-order valence-electron chi connectivity index (χ3n) is 1.17. The molecule has 0 amide bonds. The average molecular weight is 160 g/mol. The van der Waals surface area contributed by atoms with E-state index in [-0.39, 0.29) is 0 Å². The molecule has 0 aromatic carbocycles. The fourth-order valence-corrected chi connectivity index (χ4v) is 0.465. The lowest BCUT2D eigenvalue weighted by molar-refractivity contribution is -0.149. The fourth-order valence-electron chi connectivity index (χ4n) is 0.465. The molecule has 0 aliphatic carbocycles. The molecule has 0 aromatic heterocycles. The second kappa shape index (κ2) is 4.31. The first kappa shape index (κ1) is 10.4. The van der Waals surface area contributed by atoms with Gasteiger partial charge in [-0.3, -0.25) is 0 Å². The normalized spacial score (nSPS) is 11.3. The Morgan fingerprint density at radius 3 is 2.45 bits per heavy atom. The average Bonchev–Trinajstić information content (AvgIpc) is 1.86. The van der Waals surface area contributed by atoms with Crippen LogP contribution in [0.25, 0.3) is 0 Å². The molecule has 66 valence electrons. The van der Waals surface area contributed by atoms with E-state index in [1.54, 1.807) is 0 Å². The van der Waals surface area contributed by atoms with Gasteiger partial charge in [0.25, 0.3) is 0 Å². The van der Waals surface area contributed by atoms with Crippen molar-refractivity contribution in [3.8, 4) is 0 Å². The van der Waals surface area contributed by atoms with E-state index in [9.17, 15) is 4.79 Å². The first-order valence-corrected chi connectivity index (χ1v) is 3.73. The molecule has 0 atom stereocenters. The predicted molar refractivity (Wildman–Crippen MR) is 42.6 cm³/mol. The molecule has 4 N–H and O–H groups in total. The van der Waals surface area contributed by atoms with E-state index in [1.807, 2.05) is 6.92 Å². The molecule has 0 fully saturated rings. The summed E-state index contributed by atoms with van der Waals surface area (Å²) in [6, 6.07) is 0. The van der Waals surface area contributed by atoms with Crippen LogP contribution in [0.5, 0.6) is 0 Å². The molecule has 11 heavy (non-hydrogen) atoms. The van der Waals surface area contributed by atoms with Crippen molar-refractivity contribution in [2.24, 2.45) is 11.5 Å². The van der Waals surface area contributed by atoms with Crippen molar-refractivity contribution in [3.05, 3.63) is 0 Å². The van der Waals surface area contributed by atoms with Crippen molar-refractivity contribution in [1.82, 2.24) is 0 Å². The van der Waals surface area contributed by atoms with Gasteiger partial charge in [-0.05, 0) is 13.3 Å². The molecule has 0 aliphatic heterocycles. The van der Waals surface area contributed by atoms with E-state index in [1.165, 1.54) is 6.92 Å². The Morgan fingerprint density at radius 1 is 1.55 bits per heavy atom. The van der Waals surface area contributed by atoms with Gasteiger partial charge in [0.15, 0.2) is 5.66 Å². The summed E-state index contributed by atoms with van der Waals surface area (Å²) in [5, 5.41) is 0. The van der Waals surface area contributed by atoms with E-state index >= 15 is 0 Å². The smallest absolute Gasteiger partial charge is 0.340 e. The Balaban J connectivity index is 3.54. The lowest BCUT2D eigenvalue weighted by atomic mass is 10.2. The number of ether oxygens (including phenoxy) is 1. The third kappa shape index (κ3) is 4.75. The van der Waals surface area contributed by atoms with Crippen molar-refractivity contribution in [2.45, 2.75) is 32.4 Å². The highest BCUT2D eigenvalue weighted by atomic mass is 16.5. The van der Waals surface area contributed by atoms with Gasteiger partial charge < -0.3 is 16.2 Å². The van der Waals surface area contributed by atoms with Crippen molar-refractivity contribution in [2.75, 3.05) is 6.61 Å². The van der Waals surface area contributed by atoms with Gasteiger partial charge in [-0.15, -0.1) is 0 Å². The van der Waals surface area contributed by atoms with Crippen LogP contribution in [0.2, 0.25) is 0 Å². The Kier molecular flexibility index (Phi) is 4.07. The summed E-state index contributed by atoms with van der Waals surface area (Å²) in [7, 11) is 0. The van der Waals surface area contributed by atoms with Crippen LogP contribution in [-0.4, -0.2) is 18.2 Å². The molecule has 0 unspecified atom stereocenters. The third-order valence-corrected chi connectivity index (χ3v) is 1.17. The lowest BCUT2D eigenvalue weighted by Crippen LogP contribution is -2.54. The van der Waals surface area contributed by atoms with Gasteiger partial charge in [-0.1, -0.05) is 13.3 Å². The summed E-state index contributed by atoms with van der Waals surface area (Å²) >= 11 is 0. The van der Waals surface area contributed by atoms with E-state index in [4.69, 9.17) is 16.2 Å². The summed E-state index contributed by atoms with van der Waals surface area (Å²) in [4.78, 5) is 10.9. The molecule has 0 saturated heterocycles. The highest BCUT2D eigenvalue weighted by Gasteiger charge is 2.23. The van der Waals surface area contributed by atoms with E-state index < -0.39 is 11.6 Å². The van der Waals surface area contributed by atoms with Crippen LogP contribution in [0, 0.1) is 0 Å². The summed E-state index contributed by atoms with van der Waals surface area (Å²) < 4.78 is 4.76. The van der Waals surface area contributed by atoms with Gasteiger partial charge in [-0.25, -0.2) is 4.79 Å². The predicted octanol–water partition coefficient (Wildman–Crippen LogP) is -0.0367. The van der Waals surface area contributed by atoms with E-state index in [0.29, 0.717) is 6.61 Å².